The molecule has 0 aromatic heterocycles. The number of rotatable bonds is 11. The third kappa shape index (κ3) is 7.97. The van der Waals surface area contributed by atoms with Crippen LogP contribution in [-0.4, -0.2) is 19.1 Å². The lowest BCUT2D eigenvalue weighted by Crippen LogP contribution is -2.25. The molecule has 0 spiro atoms. The minimum Gasteiger partial charge on any atom is -0.490 e. The number of carbonyl (C=O) groups is 1. The molecule has 0 fully saturated rings. The quantitative estimate of drug-likeness (QED) is 0.179. The van der Waals surface area contributed by atoms with E-state index in [0.29, 0.717) is 40.3 Å². The van der Waals surface area contributed by atoms with Crippen LogP contribution in [0.25, 0.3) is 6.08 Å². The van der Waals surface area contributed by atoms with Crippen molar-refractivity contribution in [2.24, 2.45) is 0 Å². The Morgan fingerprint density at radius 3 is 2.57 bits per heavy atom. The van der Waals surface area contributed by atoms with Crippen molar-refractivity contribution in [2.45, 2.75) is 26.4 Å². The molecule has 0 aliphatic carbocycles. The number of ether oxygens (including phenoxy) is 2. The molecule has 0 aliphatic rings. The minimum absolute atomic E-state index is 0.00695. The molecular formula is C28H26BrFN2O3. The molecule has 0 atom stereocenters. The lowest BCUT2D eigenvalue weighted by atomic mass is 10.1. The third-order valence-corrected chi connectivity index (χ3v) is 5.64. The number of nitriles is 1. The summed E-state index contributed by atoms with van der Waals surface area (Å²) < 4.78 is 25.7. The summed E-state index contributed by atoms with van der Waals surface area (Å²) in [6.45, 7) is 2.85. The molecule has 1 N–H and O–H groups in total. The van der Waals surface area contributed by atoms with Crippen LogP contribution in [-0.2, 0) is 17.8 Å². The average molecular weight is 537 g/mol. The molecular weight excluding hydrogens is 511 g/mol. The summed E-state index contributed by atoms with van der Waals surface area (Å²) in [5, 5.41) is 12.3. The van der Waals surface area contributed by atoms with Gasteiger partial charge < -0.3 is 14.8 Å². The van der Waals surface area contributed by atoms with Gasteiger partial charge in [-0.2, -0.15) is 5.26 Å². The molecule has 0 radical (unpaired) electrons. The number of aryl methyl sites for hydroxylation is 1. The first-order chi connectivity index (χ1) is 17.0. The zero-order valence-corrected chi connectivity index (χ0v) is 21.0. The minimum atomic E-state index is -0.430. The zero-order valence-electron chi connectivity index (χ0n) is 19.4. The lowest BCUT2D eigenvalue weighted by molar-refractivity contribution is -0.117. The number of carbonyl (C=O) groups excluding carboxylic acids is 1. The second-order valence-electron chi connectivity index (χ2n) is 7.70. The highest BCUT2D eigenvalue weighted by atomic mass is 79.9. The highest BCUT2D eigenvalue weighted by molar-refractivity contribution is 9.10. The fourth-order valence-electron chi connectivity index (χ4n) is 3.41. The molecule has 3 rings (SSSR count). The fourth-order valence-corrected chi connectivity index (χ4v) is 3.98. The molecule has 3 aromatic rings. The molecule has 3 aromatic carbocycles. The maximum atomic E-state index is 13.5. The van der Waals surface area contributed by atoms with Gasteiger partial charge >= 0.3 is 0 Å². The molecule has 35 heavy (non-hydrogen) atoms. The van der Waals surface area contributed by atoms with E-state index >= 15 is 0 Å². The van der Waals surface area contributed by atoms with Gasteiger partial charge in [-0.25, -0.2) is 4.39 Å². The topological polar surface area (TPSA) is 71.3 Å². The first kappa shape index (κ1) is 26.0. The van der Waals surface area contributed by atoms with Gasteiger partial charge in [0.25, 0.3) is 5.91 Å². The summed E-state index contributed by atoms with van der Waals surface area (Å²) >= 11 is 3.49. The molecule has 180 valence electrons. The molecule has 0 heterocycles. The monoisotopic (exact) mass is 536 g/mol. The molecule has 5 nitrogen and oxygen atoms in total. The Morgan fingerprint density at radius 2 is 1.86 bits per heavy atom. The molecule has 0 saturated carbocycles. The van der Waals surface area contributed by atoms with Crippen molar-refractivity contribution < 1.29 is 18.7 Å². The van der Waals surface area contributed by atoms with E-state index < -0.39 is 5.91 Å². The number of benzene rings is 3. The van der Waals surface area contributed by atoms with Crippen molar-refractivity contribution in [2.75, 3.05) is 13.2 Å². The van der Waals surface area contributed by atoms with E-state index in [1.807, 2.05) is 43.3 Å². The summed E-state index contributed by atoms with van der Waals surface area (Å²) in [6, 6.07) is 21.6. The SMILES string of the molecule is CCOc1cc(/C=C(/C#N)C(=O)NCCCc2ccccc2)cc(Br)c1OCc1cccc(F)c1. The van der Waals surface area contributed by atoms with E-state index in [4.69, 9.17) is 9.47 Å². The largest absolute Gasteiger partial charge is 0.490 e. The molecule has 7 heteroatoms. The van der Waals surface area contributed by atoms with Crippen molar-refractivity contribution in [3.63, 3.8) is 0 Å². The van der Waals surface area contributed by atoms with E-state index in [1.54, 1.807) is 24.3 Å². The molecule has 0 saturated heterocycles. The van der Waals surface area contributed by atoms with Gasteiger partial charge in [-0.3, -0.25) is 4.79 Å². The Labute approximate surface area is 213 Å². The first-order valence-electron chi connectivity index (χ1n) is 11.3. The Kier molecular flexibility index (Phi) is 9.88. The third-order valence-electron chi connectivity index (χ3n) is 5.05. The number of halogens is 2. The van der Waals surface area contributed by atoms with E-state index in [1.165, 1.54) is 23.8 Å². The number of nitrogens with one attached hydrogen (secondary N) is 1. The summed E-state index contributed by atoms with van der Waals surface area (Å²) in [7, 11) is 0. The Bertz CT molecular complexity index is 1220. The van der Waals surface area contributed by atoms with Crippen molar-refractivity contribution in [3.05, 3.63) is 99.3 Å². The van der Waals surface area contributed by atoms with E-state index in [9.17, 15) is 14.4 Å². The summed E-state index contributed by atoms with van der Waals surface area (Å²) in [5.74, 6) is 0.140. The van der Waals surface area contributed by atoms with E-state index in [-0.39, 0.29) is 18.0 Å². The molecule has 0 bridgehead atoms. The fraction of sp³-hybridized carbons (Fsp3) is 0.214. The second-order valence-corrected chi connectivity index (χ2v) is 8.55. The van der Waals surface area contributed by atoms with Crippen LogP contribution in [0.5, 0.6) is 11.5 Å². The predicted molar refractivity (Wildman–Crippen MR) is 137 cm³/mol. The van der Waals surface area contributed by atoms with E-state index in [0.717, 1.165) is 12.8 Å². The van der Waals surface area contributed by atoms with Gasteiger partial charge in [-0.15, -0.1) is 0 Å². The van der Waals surface area contributed by atoms with Gasteiger partial charge in [0.15, 0.2) is 11.5 Å². The van der Waals surface area contributed by atoms with Gasteiger partial charge in [0, 0.05) is 6.54 Å². The Balaban J connectivity index is 1.68. The van der Waals surface area contributed by atoms with Crippen molar-refractivity contribution in [1.29, 1.82) is 5.26 Å². The van der Waals surface area contributed by atoms with Crippen LogP contribution in [0.15, 0.2) is 76.8 Å². The van der Waals surface area contributed by atoms with Crippen LogP contribution in [0.1, 0.15) is 30.0 Å². The van der Waals surface area contributed by atoms with Gasteiger partial charge in [0.05, 0.1) is 11.1 Å². The predicted octanol–water partition coefficient (Wildman–Crippen LogP) is 6.22. The smallest absolute Gasteiger partial charge is 0.261 e. The normalized spacial score (nSPS) is 11.0. The van der Waals surface area contributed by atoms with Gasteiger partial charge in [0.2, 0.25) is 0 Å². The zero-order chi connectivity index (χ0) is 25.0. The van der Waals surface area contributed by atoms with Crippen LogP contribution in [0.3, 0.4) is 0 Å². The first-order valence-corrected chi connectivity index (χ1v) is 12.1. The Hall–Kier alpha value is -3.63. The average Bonchev–Trinajstić information content (AvgIpc) is 2.85. The van der Waals surface area contributed by atoms with E-state index in [2.05, 4.69) is 21.2 Å². The summed E-state index contributed by atoms with van der Waals surface area (Å²) in [4.78, 5) is 12.5. The van der Waals surface area contributed by atoms with Crippen molar-refractivity contribution in [1.82, 2.24) is 5.32 Å². The highest BCUT2D eigenvalue weighted by Gasteiger charge is 2.14. The van der Waals surface area contributed by atoms with Gasteiger partial charge in [-0.1, -0.05) is 42.5 Å². The highest BCUT2D eigenvalue weighted by Crippen LogP contribution is 2.38. The van der Waals surface area contributed by atoms with Crippen LogP contribution >= 0.6 is 15.9 Å². The summed E-state index contributed by atoms with van der Waals surface area (Å²) in [6.07, 6.45) is 3.12. The van der Waals surface area contributed by atoms with Crippen LogP contribution in [0.2, 0.25) is 0 Å². The van der Waals surface area contributed by atoms with Crippen molar-refractivity contribution in [3.8, 4) is 17.6 Å². The summed E-state index contributed by atoms with van der Waals surface area (Å²) in [5.41, 5.74) is 2.48. The van der Waals surface area contributed by atoms with Crippen LogP contribution in [0.4, 0.5) is 4.39 Å². The maximum absolute atomic E-state index is 13.5. The number of hydrogen-bond donors (Lipinski definition) is 1. The number of nitrogens with zero attached hydrogens (tertiary/aromatic N) is 1. The Morgan fingerprint density at radius 1 is 1.09 bits per heavy atom. The van der Waals surface area contributed by atoms with Crippen molar-refractivity contribution >= 4 is 27.9 Å². The lowest BCUT2D eigenvalue weighted by Gasteiger charge is -2.15. The number of amides is 1. The number of hydrogen-bond acceptors (Lipinski definition) is 4. The van der Waals surface area contributed by atoms with Crippen LogP contribution < -0.4 is 14.8 Å². The second kappa shape index (κ2) is 13.3. The van der Waals surface area contributed by atoms with Crippen LogP contribution in [0, 0.1) is 17.1 Å². The molecule has 1 amide bonds. The molecule has 0 aliphatic heterocycles. The maximum Gasteiger partial charge on any atom is 0.261 e. The van der Waals surface area contributed by atoms with Gasteiger partial charge in [0.1, 0.15) is 24.1 Å². The van der Waals surface area contributed by atoms with Gasteiger partial charge in [-0.05, 0) is 82.7 Å². The standard InChI is InChI=1S/C28H26BrFN2O3/c1-2-34-26-17-22(16-25(29)27(26)35-19-21-10-6-12-24(30)15-21)14-23(18-31)28(33)32-13-7-11-20-8-4-3-5-9-20/h3-6,8-10,12,14-17H,2,7,11,13,19H2,1H3,(H,32,33)/b23-14-. The molecule has 0 unspecified atom stereocenters.